The number of nitrogens with zero attached hydrogens (tertiary/aromatic N) is 2. The normalized spacial score (nSPS) is 10.5. The van der Waals surface area contributed by atoms with Gasteiger partial charge in [0.05, 0.1) is 0 Å². The minimum Gasteiger partial charge on any atom is -0.384 e. The van der Waals surface area contributed by atoms with Gasteiger partial charge in [0.2, 0.25) is 0 Å². The lowest BCUT2D eigenvalue weighted by Crippen LogP contribution is -2.04. The maximum atomic E-state index is 4.26. The Kier molecular flexibility index (Phi) is 4.50. The van der Waals surface area contributed by atoms with Crippen LogP contribution < -0.4 is 5.32 Å². The van der Waals surface area contributed by atoms with Crippen LogP contribution in [0.1, 0.15) is 0 Å². The Morgan fingerprint density at radius 3 is 2.76 bits per heavy atom. The highest BCUT2D eigenvalue weighted by molar-refractivity contribution is 9.10. The standard InChI is InChI=1S/C12H14BrN3S/c1-16-8-6-15-12(16)17-9-7-14-11-4-2-10(13)3-5-11/h2-6,8,14H,7,9H2,1H3. The van der Waals surface area contributed by atoms with Crippen LogP contribution in [0.25, 0.3) is 0 Å². The first kappa shape index (κ1) is 12.5. The maximum absolute atomic E-state index is 4.26. The molecule has 0 fully saturated rings. The monoisotopic (exact) mass is 311 g/mol. The van der Waals surface area contributed by atoms with Crippen molar-refractivity contribution >= 4 is 33.4 Å². The van der Waals surface area contributed by atoms with Gasteiger partial charge in [-0.1, -0.05) is 27.7 Å². The lowest BCUT2D eigenvalue weighted by Gasteiger charge is -2.06. The number of hydrogen-bond acceptors (Lipinski definition) is 3. The van der Waals surface area contributed by atoms with E-state index in [1.807, 2.05) is 36.1 Å². The van der Waals surface area contributed by atoms with Crippen molar-refractivity contribution in [3.05, 3.63) is 41.1 Å². The predicted molar refractivity (Wildman–Crippen MR) is 76.6 cm³/mol. The minimum absolute atomic E-state index is 0.930. The zero-order valence-corrected chi connectivity index (χ0v) is 12.0. The van der Waals surface area contributed by atoms with Crippen LogP contribution in [0.2, 0.25) is 0 Å². The highest BCUT2D eigenvalue weighted by Crippen LogP contribution is 2.16. The van der Waals surface area contributed by atoms with Gasteiger partial charge in [0.15, 0.2) is 5.16 Å². The molecule has 0 spiro atoms. The van der Waals surface area contributed by atoms with E-state index in [0.29, 0.717) is 0 Å². The molecule has 1 heterocycles. The van der Waals surface area contributed by atoms with Gasteiger partial charge in [-0.3, -0.25) is 0 Å². The Morgan fingerprint density at radius 2 is 2.12 bits per heavy atom. The third kappa shape index (κ3) is 3.78. The van der Waals surface area contributed by atoms with Gasteiger partial charge in [-0.05, 0) is 24.3 Å². The highest BCUT2D eigenvalue weighted by Gasteiger charge is 1.99. The van der Waals surface area contributed by atoms with Gasteiger partial charge in [0.1, 0.15) is 0 Å². The molecule has 0 saturated heterocycles. The Morgan fingerprint density at radius 1 is 1.35 bits per heavy atom. The molecule has 17 heavy (non-hydrogen) atoms. The molecule has 0 aliphatic carbocycles. The molecule has 3 nitrogen and oxygen atoms in total. The van der Waals surface area contributed by atoms with Gasteiger partial charge in [-0.2, -0.15) is 0 Å². The topological polar surface area (TPSA) is 29.9 Å². The molecule has 90 valence electrons. The van der Waals surface area contributed by atoms with E-state index in [1.165, 1.54) is 0 Å². The molecule has 0 bridgehead atoms. The van der Waals surface area contributed by atoms with Gasteiger partial charge in [0.25, 0.3) is 0 Å². The lowest BCUT2D eigenvalue weighted by atomic mass is 10.3. The number of nitrogens with one attached hydrogen (secondary N) is 1. The van der Waals surface area contributed by atoms with E-state index in [2.05, 4.69) is 38.4 Å². The van der Waals surface area contributed by atoms with Crippen molar-refractivity contribution < 1.29 is 0 Å². The molecule has 0 atom stereocenters. The Bertz CT molecular complexity index is 467. The summed E-state index contributed by atoms with van der Waals surface area (Å²) in [4.78, 5) is 4.26. The molecule has 5 heteroatoms. The van der Waals surface area contributed by atoms with Gasteiger partial charge in [-0.15, -0.1) is 0 Å². The van der Waals surface area contributed by atoms with E-state index in [0.717, 1.165) is 27.6 Å². The van der Waals surface area contributed by atoms with Crippen molar-refractivity contribution in [1.82, 2.24) is 9.55 Å². The zero-order valence-electron chi connectivity index (χ0n) is 9.56. The SMILES string of the molecule is Cn1ccnc1SCCNc1ccc(Br)cc1. The van der Waals surface area contributed by atoms with E-state index in [-0.39, 0.29) is 0 Å². The molecule has 0 radical (unpaired) electrons. The van der Waals surface area contributed by atoms with Crippen LogP contribution in [0.5, 0.6) is 0 Å². The zero-order chi connectivity index (χ0) is 12.1. The lowest BCUT2D eigenvalue weighted by molar-refractivity contribution is 0.790. The summed E-state index contributed by atoms with van der Waals surface area (Å²) in [6.45, 7) is 0.930. The summed E-state index contributed by atoms with van der Waals surface area (Å²) in [5.41, 5.74) is 1.15. The average Bonchev–Trinajstić information content (AvgIpc) is 2.73. The summed E-state index contributed by atoms with van der Waals surface area (Å²) in [5.74, 6) is 1.00. The summed E-state index contributed by atoms with van der Waals surface area (Å²) in [6.07, 6.45) is 3.79. The predicted octanol–water partition coefficient (Wildman–Crippen LogP) is 3.39. The number of benzene rings is 1. The van der Waals surface area contributed by atoms with Gasteiger partial charge in [0, 0.05) is 41.9 Å². The molecule has 0 unspecified atom stereocenters. The number of thioether (sulfide) groups is 1. The molecular weight excluding hydrogens is 298 g/mol. The van der Waals surface area contributed by atoms with Crippen LogP contribution in [0.3, 0.4) is 0 Å². The number of aromatic nitrogens is 2. The van der Waals surface area contributed by atoms with Gasteiger partial charge in [-0.25, -0.2) is 4.98 Å². The van der Waals surface area contributed by atoms with Crippen LogP contribution in [-0.4, -0.2) is 21.8 Å². The molecule has 1 aromatic heterocycles. The second-order valence-corrected chi connectivity index (χ2v) is 5.58. The summed E-state index contributed by atoms with van der Waals surface area (Å²) in [5, 5.41) is 4.43. The van der Waals surface area contributed by atoms with Crippen LogP contribution in [0.15, 0.2) is 46.3 Å². The van der Waals surface area contributed by atoms with E-state index in [1.54, 1.807) is 11.8 Å². The molecular formula is C12H14BrN3S. The van der Waals surface area contributed by atoms with Crippen LogP contribution in [-0.2, 0) is 7.05 Å². The fraction of sp³-hybridized carbons (Fsp3) is 0.250. The molecule has 2 aromatic rings. The second kappa shape index (κ2) is 6.12. The van der Waals surface area contributed by atoms with Crippen molar-refractivity contribution in [2.75, 3.05) is 17.6 Å². The van der Waals surface area contributed by atoms with Gasteiger partial charge >= 0.3 is 0 Å². The van der Waals surface area contributed by atoms with Crippen LogP contribution >= 0.6 is 27.7 Å². The van der Waals surface area contributed by atoms with Crippen molar-refractivity contribution in [2.45, 2.75) is 5.16 Å². The Labute approximate surface area is 114 Å². The summed E-state index contributed by atoms with van der Waals surface area (Å²) >= 11 is 5.17. The third-order valence-electron chi connectivity index (χ3n) is 2.28. The van der Waals surface area contributed by atoms with Crippen LogP contribution in [0.4, 0.5) is 5.69 Å². The fourth-order valence-corrected chi connectivity index (χ4v) is 2.45. The quantitative estimate of drug-likeness (QED) is 0.678. The number of aryl methyl sites for hydroxylation is 1. The minimum atomic E-state index is 0.930. The molecule has 2 rings (SSSR count). The molecule has 0 aliphatic heterocycles. The first-order valence-electron chi connectivity index (χ1n) is 5.35. The van der Waals surface area contributed by atoms with E-state index >= 15 is 0 Å². The molecule has 0 amide bonds. The average molecular weight is 312 g/mol. The smallest absolute Gasteiger partial charge is 0.167 e. The van der Waals surface area contributed by atoms with Gasteiger partial charge < -0.3 is 9.88 Å². The van der Waals surface area contributed by atoms with Crippen molar-refractivity contribution in [1.29, 1.82) is 0 Å². The van der Waals surface area contributed by atoms with E-state index in [4.69, 9.17) is 0 Å². The Balaban J connectivity index is 1.73. The Hall–Kier alpha value is -0.940. The number of anilines is 1. The number of halogens is 1. The molecule has 0 aliphatic rings. The number of rotatable bonds is 5. The van der Waals surface area contributed by atoms with Crippen molar-refractivity contribution in [3.63, 3.8) is 0 Å². The highest BCUT2D eigenvalue weighted by atomic mass is 79.9. The number of imidazole rings is 1. The molecule has 1 N–H and O–H groups in total. The van der Waals surface area contributed by atoms with Crippen molar-refractivity contribution in [3.8, 4) is 0 Å². The summed E-state index contributed by atoms with van der Waals surface area (Å²) in [7, 11) is 2.01. The molecule has 1 aromatic carbocycles. The largest absolute Gasteiger partial charge is 0.384 e. The summed E-state index contributed by atoms with van der Waals surface area (Å²) < 4.78 is 3.13. The van der Waals surface area contributed by atoms with Crippen LogP contribution in [0, 0.1) is 0 Å². The first-order chi connectivity index (χ1) is 8.25. The van der Waals surface area contributed by atoms with E-state index < -0.39 is 0 Å². The summed E-state index contributed by atoms with van der Waals surface area (Å²) in [6, 6.07) is 8.20. The third-order valence-corrected chi connectivity index (χ3v) is 3.87. The molecule has 0 saturated carbocycles. The van der Waals surface area contributed by atoms with E-state index in [9.17, 15) is 0 Å². The second-order valence-electron chi connectivity index (χ2n) is 3.60. The first-order valence-corrected chi connectivity index (χ1v) is 7.13. The fourth-order valence-electron chi connectivity index (χ4n) is 1.40. The maximum Gasteiger partial charge on any atom is 0.167 e. The van der Waals surface area contributed by atoms with Crippen molar-refractivity contribution in [2.24, 2.45) is 7.05 Å². The number of hydrogen-bond donors (Lipinski definition) is 1.